The highest BCUT2D eigenvalue weighted by molar-refractivity contribution is 5.89. The predicted octanol–water partition coefficient (Wildman–Crippen LogP) is 2.65. The van der Waals surface area contributed by atoms with Gasteiger partial charge in [-0.3, -0.25) is 0 Å². The minimum atomic E-state index is -0.855. The monoisotopic (exact) mass is 306 g/mol. The summed E-state index contributed by atoms with van der Waals surface area (Å²) in [6, 6.07) is 7.51. The number of hydrogen-bond donors (Lipinski definition) is 3. The van der Waals surface area contributed by atoms with Crippen LogP contribution in [0.1, 0.15) is 39.2 Å². The Labute approximate surface area is 132 Å². The number of aliphatic hydroxyl groups is 1. The van der Waals surface area contributed by atoms with Gasteiger partial charge in [-0.1, -0.05) is 32.9 Å². The summed E-state index contributed by atoms with van der Waals surface area (Å²) in [5, 5.41) is 15.8. The van der Waals surface area contributed by atoms with E-state index in [2.05, 4.69) is 31.4 Å². The molecule has 1 aromatic rings. The average molecular weight is 306 g/mol. The summed E-state index contributed by atoms with van der Waals surface area (Å²) in [4.78, 5) is 11.9. The molecule has 1 saturated heterocycles. The summed E-state index contributed by atoms with van der Waals surface area (Å²) in [5.41, 5.74) is 1.19. The molecule has 0 aliphatic carbocycles. The van der Waals surface area contributed by atoms with E-state index in [0.29, 0.717) is 26.1 Å². The average Bonchev–Trinajstić information content (AvgIpc) is 2.46. The maximum atomic E-state index is 11.9. The number of rotatable bonds is 3. The Morgan fingerprint density at radius 1 is 1.23 bits per heavy atom. The highest BCUT2D eigenvalue weighted by Gasteiger charge is 2.30. The van der Waals surface area contributed by atoms with Crippen LogP contribution in [0.3, 0.4) is 0 Å². The van der Waals surface area contributed by atoms with E-state index in [9.17, 15) is 9.90 Å². The number of anilines is 1. The number of nitrogens with one attached hydrogen (secondary N) is 2. The van der Waals surface area contributed by atoms with Crippen LogP contribution in [0.15, 0.2) is 24.3 Å². The van der Waals surface area contributed by atoms with Gasteiger partial charge in [0.05, 0.1) is 5.60 Å². The van der Waals surface area contributed by atoms with Gasteiger partial charge in [-0.2, -0.15) is 0 Å². The second-order valence-electron chi connectivity index (χ2n) is 6.97. The van der Waals surface area contributed by atoms with Gasteiger partial charge in [0.2, 0.25) is 0 Å². The van der Waals surface area contributed by atoms with E-state index >= 15 is 0 Å². The van der Waals surface area contributed by atoms with Crippen LogP contribution in [0.2, 0.25) is 0 Å². The second kappa shape index (κ2) is 6.67. The van der Waals surface area contributed by atoms with Crippen LogP contribution in [-0.2, 0) is 10.2 Å². The van der Waals surface area contributed by atoms with Crippen molar-refractivity contribution in [2.45, 2.75) is 44.6 Å². The van der Waals surface area contributed by atoms with Gasteiger partial charge < -0.3 is 20.5 Å². The zero-order valence-corrected chi connectivity index (χ0v) is 13.6. The standard InChI is InChI=1S/C17H26N2O3/c1-16(2,3)13-4-6-14(7-5-13)19-15(20)18-12-17(21)8-10-22-11-9-17/h4-7,21H,8-12H2,1-3H3,(H2,18,19,20). The number of carbonyl (C=O) groups excluding carboxylic acids is 1. The fraction of sp³-hybridized carbons (Fsp3) is 0.588. The molecule has 1 heterocycles. The number of benzene rings is 1. The Morgan fingerprint density at radius 3 is 2.36 bits per heavy atom. The third-order valence-electron chi connectivity index (χ3n) is 4.01. The molecule has 122 valence electrons. The van der Waals surface area contributed by atoms with Crippen molar-refractivity contribution in [3.63, 3.8) is 0 Å². The summed E-state index contributed by atoms with van der Waals surface area (Å²) < 4.78 is 5.22. The SMILES string of the molecule is CC(C)(C)c1ccc(NC(=O)NCC2(O)CCOCC2)cc1. The molecular weight excluding hydrogens is 280 g/mol. The van der Waals surface area contributed by atoms with Crippen molar-refractivity contribution < 1.29 is 14.6 Å². The second-order valence-corrected chi connectivity index (χ2v) is 6.97. The van der Waals surface area contributed by atoms with E-state index < -0.39 is 5.60 Å². The molecule has 0 spiro atoms. The quantitative estimate of drug-likeness (QED) is 0.804. The zero-order valence-electron chi connectivity index (χ0n) is 13.6. The van der Waals surface area contributed by atoms with Crippen molar-refractivity contribution in [1.29, 1.82) is 0 Å². The van der Waals surface area contributed by atoms with Crippen LogP contribution in [-0.4, -0.2) is 36.5 Å². The van der Waals surface area contributed by atoms with E-state index in [-0.39, 0.29) is 18.0 Å². The molecule has 0 unspecified atom stereocenters. The molecule has 2 rings (SSSR count). The summed E-state index contributed by atoms with van der Waals surface area (Å²) in [5.74, 6) is 0. The van der Waals surface area contributed by atoms with Gasteiger partial charge in [0.1, 0.15) is 0 Å². The predicted molar refractivity (Wildman–Crippen MR) is 87.2 cm³/mol. The van der Waals surface area contributed by atoms with Crippen LogP contribution in [0.4, 0.5) is 10.5 Å². The van der Waals surface area contributed by atoms with Gasteiger partial charge in [-0.05, 0) is 23.1 Å². The van der Waals surface area contributed by atoms with E-state index in [1.165, 1.54) is 5.56 Å². The lowest BCUT2D eigenvalue weighted by molar-refractivity contribution is -0.0598. The van der Waals surface area contributed by atoms with Crippen LogP contribution in [0.25, 0.3) is 0 Å². The number of carbonyl (C=O) groups is 1. The smallest absolute Gasteiger partial charge is 0.319 e. The highest BCUT2D eigenvalue weighted by Crippen LogP contribution is 2.23. The highest BCUT2D eigenvalue weighted by atomic mass is 16.5. The normalized spacial score (nSPS) is 17.8. The Balaban J connectivity index is 1.84. The molecule has 0 atom stereocenters. The van der Waals surface area contributed by atoms with Gasteiger partial charge in [-0.25, -0.2) is 4.79 Å². The van der Waals surface area contributed by atoms with E-state index in [4.69, 9.17) is 4.74 Å². The largest absolute Gasteiger partial charge is 0.388 e. The summed E-state index contributed by atoms with van der Waals surface area (Å²) >= 11 is 0. The lowest BCUT2D eigenvalue weighted by atomic mass is 9.87. The van der Waals surface area contributed by atoms with Crippen molar-refractivity contribution in [1.82, 2.24) is 5.32 Å². The summed E-state index contributed by atoms with van der Waals surface area (Å²) in [6.07, 6.45) is 1.10. The molecule has 0 saturated carbocycles. The molecule has 3 N–H and O–H groups in total. The Kier molecular flexibility index (Phi) is 5.08. The first-order valence-electron chi connectivity index (χ1n) is 7.74. The maximum absolute atomic E-state index is 11.9. The van der Waals surface area contributed by atoms with Gasteiger partial charge >= 0.3 is 6.03 Å². The molecule has 1 aromatic carbocycles. The maximum Gasteiger partial charge on any atom is 0.319 e. The first kappa shape index (κ1) is 16.8. The number of amides is 2. The third-order valence-corrected chi connectivity index (χ3v) is 4.01. The number of urea groups is 1. The first-order valence-corrected chi connectivity index (χ1v) is 7.74. The molecule has 2 amide bonds. The molecular formula is C17H26N2O3. The molecule has 5 heteroatoms. The van der Waals surface area contributed by atoms with E-state index in [1.54, 1.807) is 0 Å². The summed E-state index contributed by atoms with van der Waals surface area (Å²) in [7, 11) is 0. The number of ether oxygens (including phenoxy) is 1. The first-order chi connectivity index (χ1) is 10.3. The van der Waals surface area contributed by atoms with Crippen LogP contribution in [0, 0.1) is 0 Å². The van der Waals surface area contributed by atoms with Crippen molar-refractivity contribution in [3.8, 4) is 0 Å². The molecule has 1 aliphatic rings. The number of hydrogen-bond acceptors (Lipinski definition) is 3. The zero-order chi connectivity index (χ0) is 16.2. The fourth-order valence-corrected chi connectivity index (χ4v) is 2.40. The van der Waals surface area contributed by atoms with E-state index in [1.807, 2.05) is 24.3 Å². The lowest BCUT2D eigenvalue weighted by Crippen LogP contribution is -2.47. The molecule has 1 fully saturated rings. The molecule has 0 radical (unpaired) electrons. The third kappa shape index (κ3) is 4.71. The van der Waals surface area contributed by atoms with Crippen molar-refractivity contribution in [2.75, 3.05) is 25.1 Å². The van der Waals surface area contributed by atoms with Gasteiger partial charge in [0.15, 0.2) is 0 Å². The van der Waals surface area contributed by atoms with Gasteiger partial charge in [0, 0.05) is 38.3 Å². The minimum Gasteiger partial charge on any atom is -0.388 e. The fourth-order valence-electron chi connectivity index (χ4n) is 2.40. The van der Waals surface area contributed by atoms with Crippen LogP contribution >= 0.6 is 0 Å². The molecule has 22 heavy (non-hydrogen) atoms. The van der Waals surface area contributed by atoms with Crippen molar-refractivity contribution in [3.05, 3.63) is 29.8 Å². The Morgan fingerprint density at radius 2 is 1.82 bits per heavy atom. The van der Waals surface area contributed by atoms with E-state index in [0.717, 1.165) is 5.69 Å². The molecule has 5 nitrogen and oxygen atoms in total. The van der Waals surface area contributed by atoms with Crippen molar-refractivity contribution >= 4 is 11.7 Å². The van der Waals surface area contributed by atoms with Crippen LogP contribution in [0.5, 0.6) is 0 Å². The Hall–Kier alpha value is -1.59. The minimum absolute atomic E-state index is 0.0904. The molecule has 1 aliphatic heterocycles. The van der Waals surface area contributed by atoms with Gasteiger partial charge in [-0.15, -0.1) is 0 Å². The summed E-state index contributed by atoms with van der Waals surface area (Å²) in [6.45, 7) is 7.76. The molecule has 0 bridgehead atoms. The molecule has 0 aromatic heterocycles. The van der Waals surface area contributed by atoms with Crippen molar-refractivity contribution in [2.24, 2.45) is 0 Å². The lowest BCUT2D eigenvalue weighted by Gasteiger charge is -2.32. The van der Waals surface area contributed by atoms with Crippen LogP contribution < -0.4 is 10.6 Å². The Bertz CT molecular complexity index is 500. The topological polar surface area (TPSA) is 70.6 Å². The van der Waals surface area contributed by atoms with Gasteiger partial charge in [0.25, 0.3) is 0 Å².